The number of alkyl halides is 1. The molecular weight excluding hydrogens is 125 g/mol. The Morgan fingerprint density at radius 3 is 1.75 bits per heavy atom. The fraction of sp³-hybridized carbons (Fsp3) is 1.00. The minimum atomic E-state index is -0.0278. The Morgan fingerprint density at radius 1 is 1.75 bits per heavy atom. The maximum absolute atomic E-state index is 5.97. The molecule has 0 aliphatic carbocycles. The predicted molar refractivity (Wildman–Crippen MR) is 15.0 cm³/mol. The van der Waals surface area contributed by atoms with Gasteiger partial charge in [-0.3, -0.25) is 0 Å². The van der Waals surface area contributed by atoms with Crippen LogP contribution in [0.5, 0.6) is 0 Å². The Morgan fingerprint density at radius 2 is 1.75 bits per heavy atom. The van der Waals surface area contributed by atoms with E-state index in [0.29, 0.717) is 0 Å². The molecule has 0 spiro atoms. The van der Waals surface area contributed by atoms with E-state index in [1.807, 2.05) is 0 Å². The molecule has 1 nitrogen and oxygen atoms in total. The summed E-state index contributed by atoms with van der Waals surface area (Å²) in [7, 11) is 0. The summed E-state index contributed by atoms with van der Waals surface area (Å²) in [5, 5.41) is 0. The van der Waals surface area contributed by atoms with Crippen molar-refractivity contribution >= 4 is 11.6 Å². The smallest absolute Gasteiger partial charge is 0.665 e. The summed E-state index contributed by atoms with van der Waals surface area (Å²) in [4.78, 5) is 0. The van der Waals surface area contributed by atoms with E-state index >= 15 is 0 Å². The van der Waals surface area contributed by atoms with Crippen molar-refractivity contribution in [2.24, 2.45) is 0 Å². The van der Waals surface area contributed by atoms with Gasteiger partial charge in [-0.15, -0.1) is 0 Å². The molecule has 0 rings (SSSR count). The molecule has 0 bridgehead atoms. The maximum Gasteiger partial charge on any atom is 1.00 e. The van der Waals surface area contributed by atoms with Gasteiger partial charge >= 0.3 is 17.1 Å². The van der Waals surface area contributed by atoms with Gasteiger partial charge in [-0.1, -0.05) is 6.00 Å². The molecule has 0 unspecified atom stereocenters. The van der Waals surface area contributed by atoms with Gasteiger partial charge in [0.05, 0.1) is 0 Å². The average molecular weight is 128 g/mol. The van der Waals surface area contributed by atoms with Crippen LogP contribution in [0, 0.1) is 0 Å². The second-order valence-corrected chi connectivity index (χ2v) is 0.401. The normalized spacial score (nSPS) is 4.50. The molecule has 30 valence electrons. The third-order valence-electron chi connectivity index (χ3n) is 0. The van der Waals surface area contributed by atoms with Crippen molar-refractivity contribution in [3.63, 3.8) is 0 Å². The summed E-state index contributed by atoms with van der Waals surface area (Å²) in [6.07, 6.45) is 0. The second kappa shape index (κ2) is 9.23. The number of nitrogens with one attached hydrogen (secondary N) is 1. The topological polar surface area (TPSA) is 23.8 Å². The van der Waals surface area contributed by atoms with Gasteiger partial charge in [0.1, 0.15) is 0 Å². The van der Waals surface area contributed by atoms with E-state index in [4.69, 9.17) is 5.73 Å². The largest absolute Gasteiger partial charge is 1.00 e. The van der Waals surface area contributed by atoms with Crippen molar-refractivity contribution in [1.29, 1.82) is 0 Å². The first-order chi connectivity index (χ1) is 1.41. The predicted octanol–water partition coefficient (Wildman–Crippen LogP) is 1.23. The van der Waals surface area contributed by atoms with Crippen LogP contribution >= 0.6 is 11.6 Å². The zero-order valence-corrected chi connectivity index (χ0v) is 3.58. The summed E-state index contributed by atoms with van der Waals surface area (Å²) in [5.41, 5.74) is 5.97. The Balaban J connectivity index is 0. The van der Waals surface area contributed by atoms with Crippen LogP contribution in [0.3, 0.4) is 0 Å². The minimum absolute atomic E-state index is 0. The average Bonchev–Trinajstić information content (AvgIpc) is 0.918. The van der Waals surface area contributed by atoms with Crippen molar-refractivity contribution in [3.05, 3.63) is 5.73 Å². The zero-order chi connectivity index (χ0) is 2.71. The summed E-state index contributed by atoms with van der Waals surface area (Å²) < 4.78 is 0. The van der Waals surface area contributed by atoms with Gasteiger partial charge in [0.2, 0.25) is 0 Å². The summed E-state index contributed by atoms with van der Waals surface area (Å²) in [6.45, 7) is 0. The van der Waals surface area contributed by atoms with Crippen LogP contribution in [0.4, 0.5) is 0 Å². The van der Waals surface area contributed by atoms with Crippen LogP contribution < -0.4 is 0 Å². The van der Waals surface area contributed by atoms with Crippen molar-refractivity contribution in [3.8, 4) is 0 Å². The molecule has 0 fully saturated rings. The van der Waals surface area contributed by atoms with E-state index in [9.17, 15) is 0 Å². The van der Waals surface area contributed by atoms with Gasteiger partial charge in [-0.05, 0) is 0 Å². The molecule has 0 aromatic carbocycles. The van der Waals surface area contributed by atoms with E-state index in [1.54, 1.807) is 0 Å². The van der Waals surface area contributed by atoms with Crippen LogP contribution in [0.1, 0.15) is 0 Å². The molecule has 0 saturated carbocycles. The monoisotopic (exact) mass is 127 g/mol. The summed E-state index contributed by atoms with van der Waals surface area (Å²) >= 11 is 4.67. The first kappa shape index (κ1) is 8.84. The van der Waals surface area contributed by atoms with Gasteiger partial charge in [-0.25, -0.2) is 0 Å². The van der Waals surface area contributed by atoms with Gasteiger partial charge in [0.25, 0.3) is 0 Å². The van der Waals surface area contributed by atoms with Crippen LogP contribution in [-0.4, -0.2) is 6.00 Å². The summed E-state index contributed by atoms with van der Waals surface area (Å²) in [5.74, 6) is 0. The first-order valence-electron chi connectivity index (χ1n) is 0.621. The molecule has 4 heavy (non-hydrogen) atoms. The van der Waals surface area contributed by atoms with E-state index in [1.165, 1.54) is 0 Å². The van der Waals surface area contributed by atoms with Gasteiger partial charge in [-0.2, -0.15) is 11.6 Å². The second-order valence-electron chi connectivity index (χ2n) is 0.134. The third kappa shape index (κ3) is 14.6. The molecule has 0 radical (unpaired) electrons. The fourth-order valence-electron chi connectivity index (χ4n) is 0. The van der Waals surface area contributed by atoms with Crippen LogP contribution in [0.15, 0.2) is 0 Å². The molecule has 3 heteroatoms. The maximum atomic E-state index is 5.97. The Labute approximate surface area is 41.0 Å². The van der Waals surface area contributed by atoms with Crippen LogP contribution in [-0.2, 0) is 17.1 Å². The van der Waals surface area contributed by atoms with Crippen molar-refractivity contribution in [1.82, 2.24) is 0 Å². The molecule has 0 aromatic rings. The molecule has 0 atom stereocenters. The van der Waals surface area contributed by atoms with E-state index in [-0.39, 0.29) is 23.1 Å². The Hall–Kier alpha value is 0.769. The zero-order valence-electron chi connectivity index (χ0n) is 1.89. The van der Waals surface area contributed by atoms with Crippen molar-refractivity contribution < 1.29 is 17.1 Å². The first-order valence-corrected chi connectivity index (χ1v) is 1.16. The third-order valence-corrected chi connectivity index (χ3v) is 0. The van der Waals surface area contributed by atoms with Crippen LogP contribution in [0.25, 0.3) is 5.73 Å². The molecule has 1 N–H and O–H groups in total. The van der Waals surface area contributed by atoms with E-state index in [0.717, 1.165) is 0 Å². The Bertz CT molecular complexity index is 8.00. The number of hydrogen-bond donors (Lipinski definition) is 0. The van der Waals surface area contributed by atoms with E-state index < -0.39 is 0 Å². The SMILES string of the molecule is [Cu+].[NH-]CCl. The molecule has 0 aliphatic heterocycles. The molecular formula is CH3ClCuN. The molecule has 0 amide bonds. The summed E-state index contributed by atoms with van der Waals surface area (Å²) in [6, 6.07) is -0.0278. The minimum Gasteiger partial charge on any atom is -0.665 e. The van der Waals surface area contributed by atoms with Crippen molar-refractivity contribution in [2.75, 3.05) is 6.00 Å². The van der Waals surface area contributed by atoms with Crippen LogP contribution in [0.2, 0.25) is 0 Å². The number of rotatable bonds is 0. The molecule has 0 aromatic heterocycles. The number of halogens is 1. The van der Waals surface area contributed by atoms with Gasteiger partial charge in [0, 0.05) is 0 Å². The fourth-order valence-corrected chi connectivity index (χ4v) is 0. The van der Waals surface area contributed by atoms with E-state index in [2.05, 4.69) is 11.6 Å². The van der Waals surface area contributed by atoms with Gasteiger partial charge < -0.3 is 5.73 Å². The number of hydrogen-bond acceptors (Lipinski definition) is 0. The van der Waals surface area contributed by atoms with Gasteiger partial charge in [0.15, 0.2) is 0 Å². The molecule has 0 saturated heterocycles. The van der Waals surface area contributed by atoms with Crippen molar-refractivity contribution in [2.45, 2.75) is 0 Å². The quantitative estimate of drug-likeness (QED) is 0.266. The molecule has 0 heterocycles. The standard InChI is InChI=1S/CH3ClN.Cu/c2-1-3;/h3H,1H2;/q-1;+1. The molecule has 0 aliphatic rings. The Kier molecular flexibility index (Phi) is 20.4.